The van der Waals surface area contributed by atoms with Gasteiger partial charge in [0.1, 0.15) is 6.61 Å². The second-order valence-corrected chi connectivity index (χ2v) is 5.91. The highest BCUT2D eigenvalue weighted by molar-refractivity contribution is 5.79. The molecule has 2 atom stereocenters. The number of nitrogens with zero attached hydrogens (tertiary/aromatic N) is 3. The summed E-state index contributed by atoms with van der Waals surface area (Å²) in [5.74, 6) is 0.125. The summed E-state index contributed by atoms with van der Waals surface area (Å²) in [5.41, 5.74) is 1.07. The predicted molar refractivity (Wildman–Crippen MR) is 80.1 cm³/mol. The summed E-state index contributed by atoms with van der Waals surface area (Å²) < 4.78 is 5.58. The molecule has 22 heavy (non-hydrogen) atoms. The number of likely N-dealkylation sites (tertiary alicyclic amines) is 1. The Morgan fingerprint density at radius 1 is 1.50 bits per heavy atom. The molecule has 6 nitrogen and oxygen atoms in total. The fourth-order valence-corrected chi connectivity index (χ4v) is 3.12. The molecule has 2 amide bonds. The number of ether oxygens (including phenoxy) is 1. The average Bonchev–Trinajstić information content (AvgIpc) is 2.57. The molecule has 3 heterocycles. The van der Waals surface area contributed by atoms with E-state index in [1.165, 1.54) is 0 Å². The summed E-state index contributed by atoms with van der Waals surface area (Å²) in [6, 6.07) is 3.84. The molecule has 1 aromatic heterocycles. The van der Waals surface area contributed by atoms with E-state index in [-0.39, 0.29) is 30.6 Å². The number of carbonyl (C=O) groups excluding carboxylic acids is 2. The number of carbonyl (C=O) groups is 2. The van der Waals surface area contributed by atoms with E-state index in [9.17, 15) is 9.59 Å². The van der Waals surface area contributed by atoms with Gasteiger partial charge in [0.15, 0.2) is 0 Å². The molecule has 0 N–H and O–H groups in total. The number of morpholine rings is 1. The molecule has 118 valence electrons. The van der Waals surface area contributed by atoms with E-state index in [2.05, 4.69) is 4.98 Å². The number of hydrogen-bond donors (Lipinski definition) is 0. The Hall–Kier alpha value is -1.95. The van der Waals surface area contributed by atoms with Crippen LogP contribution in [0.5, 0.6) is 0 Å². The molecular weight excluding hydrogens is 282 g/mol. The molecule has 0 aromatic carbocycles. The Bertz CT molecular complexity index is 549. The minimum absolute atomic E-state index is 0.00842. The Kier molecular flexibility index (Phi) is 4.38. The van der Waals surface area contributed by atoms with Gasteiger partial charge in [-0.2, -0.15) is 0 Å². The lowest BCUT2D eigenvalue weighted by molar-refractivity contribution is -0.163. The number of aryl methyl sites for hydroxylation is 1. The standard InChI is InChI=1S/C16H21N3O3/c1-18-13-10-19(8-6-14(13)22-11-16(18)21)15(20)5-4-12-3-2-7-17-9-12/h2-3,7,9,13-14H,4-6,8,10-11H2,1H3/t13-,14+/m0/s1. The van der Waals surface area contributed by atoms with Crippen LogP contribution in [0.15, 0.2) is 24.5 Å². The van der Waals surface area contributed by atoms with Crippen molar-refractivity contribution >= 4 is 11.8 Å². The third-order valence-electron chi connectivity index (χ3n) is 4.53. The van der Waals surface area contributed by atoms with E-state index >= 15 is 0 Å². The minimum Gasteiger partial charge on any atom is -0.366 e. The number of hydrogen-bond acceptors (Lipinski definition) is 4. The zero-order chi connectivity index (χ0) is 15.5. The highest BCUT2D eigenvalue weighted by Crippen LogP contribution is 2.23. The van der Waals surface area contributed by atoms with Gasteiger partial charge in [-0.3, -0.25) is 14.6 Å². The first-order valence-corrected chi connectivity index (χ1v) is 7.69. The maximum absolute atomic E-state index is 12.4. The normalized spacial score (nSPS) is 25.0. The van der Waals surface area contributed by atoms with Gasteiger partial charge >= 0.3 is 0 Å². The van der Waals surface area contributed by atoms with Crippen LogP contribution in [0.1, 0.15) is 18.4 Å². The van der Waals surface area contributed by atoms with Crippen molar-refractivity contribution in [1.82, 2.24) is 14.8 Å². The van der Waals surface area contributed by atoms with Crippen LogP contribution in [0, 0.1) is 0 Å². The van der Waals surface area contributed by atoms with Crippen LogP contribution in [0.3, 0.4) is 0 Å². The first kappa shape index (κ1) is 15.0. The van der Waals surface area contributed by atoms with Crippen molar-refractivity contribution in [2.45, 2.75) is 31.4 Å². The molecule has 0 bridgehead atoms. The quantitative estimate of drug-likeness (QED) is 0.814. The van der Waals surface area contributed by atoms with Gasteiger partial charge in [0, 0.05) is 39.0 Å². The predicted octanol–water partition coefficient (Wildman–Crippen LogP) is 0.472. The van der Waals surface area contributed by atoms with Crippen LogP contribution in [-0.4, -0.2) is 65.5 Å². The van der Waals surface area contributed by atoms with Crippen LogP contribution in [0.4, 0.5) is 0 Å². The SMILES string of the molecule is CN1C(=O)CO[C@@H]2CCN(C(=O)CCc3cccnc3)C[C@@H]21. The van der Waals surface area contributed by atoms with E-state index in [1.54, 1.807) is 24.3 Å². The van der Waals surface area contributed by atoms with Crippen LogP contribution in [-0.2, 0) is 20.7 Å². The van der Waals surface area contributed by atoms with Crippen LogP contribution >= 0.6 is 0 Å². The van der Waals surface area contributed by atoms with E-state index in [0.717, 1.165) is 12.0 Å². The molecule has 2 saturated heterocycles. The van der Waals surface area contributed by atoms with E-state index in [0.29, 0.717) is 25.9 Å². The summed E-state index contributed by atoms with van der Waals surface area (Å²) in [6.07, 6.45) is 5.54. The van der Waals surface area contributed by atoms with Gasteiger partial charge < -0.3 is 14.5 Å². The number of likely N-dealkylation sites (N-methyl/N-ethyl adjacent to an activating group) is 1. The molecule has 2 aliphatic rings. The maximum Gasteiger partial charge on any atom is 0.248 e. The fourth-order valence-electron chi connectivity index (χ4n) is 3.12. The molecule has 0 radical (unpaired) electrons. The lowest BCUT2D eigenvalue weighted by Gasteiger charge is -2.45. The number of piperidine rings is 1. The summed E-state index contributed by atoms with van der Waals surface area (Å²) in [4.78, 5) is 31.8. The van der Waals surface area contributed by atoms with Gasteiger partial charge in [-0.1, -0.05) is 6.07 Å². The van der Waals surface area contributed by atoms with Gasteiger partial charge in [-0.05, 0) is 24.5 Å². The molecule has 1 aromatic rings. The number of aromatic nitrogens is 1. The van der Waals surface area contributed by atoms with Gasteiger partial charge in [0.05, 0.1) is 12.1 Å². The molecule has 6 heteroatoms. The maximum atomic E-state index is 12.4. The molecule has 0 spiro atoms. The summed E-state index contributed by atoms with van der Waals surface area (Å²) in [7, 11) is 1.80. The molecule has 0 aliphatic carbocycles. The van der Waals surface area contributed by atoms with E-state index in [4.69, 9.17) is 4.74 Å². The van der Waals surface area contributed by atoms with Crippen molar-refractivity contribution in [3.05, 3.63) is 30.1 Å². The van der Waals surface area contributed by atoms with Gasteiger partial charge in [-0.15, -0.1) is 0 Å². The molecule has 0 saturated carbocycles. The minimum atomic E-state index is -0.0164. The Labute approximate surface area is 130 Å². The molecular formula is C16H21N3O3. The summed E-state index contributed by atoms with van der Waals surface area (Å²) in [5, 5.41) is 0. The second kappa shape index (κ2) is 6.44. The molecule has 3 rings (SSSR count). The Morgan fingerprint density at radius 2 is 2.36 bits per heavy atom. The first-order chi connectivity index (χ1) is 10.6. The highest BCUT2D eigenvalue weighted by Gasteiger charge is 2.39. The lowest BCUT2D eigenvalue weighted by Crippen LogP contribution is -2.61. The molecule has 0 unspecified atom stereocenters. The zero-order valence-corrected chi connectivity index (χ0v) is 12.8. The van der Waals surface area contributed by atoms with Crippen molar-refractivity contribution in [3.8, 4) is 0 Å². The van der Waals surface area contributed by atoms with Crippen molar-refractivity contribution in [2.24, 2.45) is 0 Å². The van der Waals surface area contributed by atoms with Gasteiger partial charge in [0.2, 0.25) is 11.8 Å². The van der Waals surface area contributed by atoms with Gasteiger partial charge in [-0.25, -0.2) is 0 Å². The zero-order valence-electron chi connectivity index (χ0n) is 12.8. The van der Waals surface area contributed by atoms with Gasteiger partial charge in [0.25, 0.3) is 0 Å². The number of amides is 2. The summed E-state index contributed by atoms with van der Waals surface area (Å²) in [6.45, 7) is 1.43. The Morgan fingerprint density at radius 3 is 3.14 bits per heavy atom. The fraction of sp³-hybridized carbons (Fsp3) is 0.562. The van der Waals surface area contributed by atoms with Crippen molar-refractivity contribution < 1.29 is 14.3 Å². The van der Waals surface area contributed by atoms with Crippen LogP contribution < -0.4 is 0 Å². The Balaban J connectivity index is 1.56. The number of fused-ring (bicyclic) bond motifs is 1. The lowest BCUT2D eigenvalue weighted by atomic mass is 9.98. The highest BCUT2D eigenvalue weighted by atomic mass is 16.5. The average molecular weight is 303 g/mol. The molecule has 2 fully saturated rings. The topological polar surface area (TPSA) is 62.7 Å². The largest absolute Gasteiger partial charge is 0.366 e. The summed E-state index contributed by atoms with van der Waals surface area (Å²) >= 11 is 0. The number of pyridine rings is 1. The third kappa shape index (κ3) is 3.11. The van der Waals surface area contributed by atoms with Crippen LogP contribution in [0.25, 0.3) is 0 Å². The van der Waals surface area contributed by atoms with E-state index in [1.807, 2.05) is 17.0 Å². The smallest absolute Gasteiger partial charge is 0.248 e. The van der Waals surface area contributed by atoms with Crippen molar-refractivity contribution in [3.63, 3.8) is 0 Å². The third-order valence-corrected chi connectivity index (χ3v) is 4.53. The van der Waals surface area contributed by atoms with Crippen LogP contribution in [0.2, 0.25) is 0 Å². The number of rotatable bonds is 3. The van der Waals surface area contributed by atoms with E-state index < -0.39 is 0 Å². The van der Waals surface area contributed by atoms with Crippen molar-refractivity contribution in [2.75, 3.05) is 26.7 Å². The van der Waals surface area contributed by atoms with Crippen molar-refractivity contribution in [1.29, 1.82) is 0 Å². The second-order valence-electron chi connectivity index (χ2n) is 5.91. The monoisotopic (exact) mass is 303 g/mol. The molecule has 2 aliphatic heterocycles. The first-order valence-electron chi connectivity index (χ1n) is 7.69.